The van der Waals surface area contributed by atoms with E-state index in [0.29, 0.717) is 47.4 Å². The number of carbonyl (C=O) groups excluding carboxylic acids is 3. The van der Waals surface area contributed by atoms with E-state index >= 15 is 0 Å². The summed E-state index contributed by atoms with van der Waals surface area (Å²) in [6, 6.07) is 15.6. The highest BCUT2D eigenvalue weighted by molar-refractivity contribution is 7.59. The first-order valence-electron chi connectivity index (χ1n) is 21.3. The number of fused-ring (bicyclic) bond motifs is 3. The Morgan fingerprint density at radius 1 is 0.984 bits per heavy atom. The molecule has 0 radical (unpaired) electrons. The van der Waals surface area contributed by atoms with Crippen LogP contribution in [0.5, 0.6) is 11.5 Å². The number of nitrogens with zero attached hydrogens (tertiary/aromatic N) is 2. The molecule has 3 heterocycles. The molecule has 62 heavy (non-hydrogen) atoms. The fourth-order valence-corrected chi connectivity index (χ4v) is 11.8. The summed E-state index contributed by atoms with van der Waals surface area (Å²) in [6.07, 6.45) is 7.36. The molecule has 4 aliphatic rings. The van der Waals surface area contributed by atoms with Crippen LogP contribution in [0, 0.1) is 17.6 Å². The molecule has 2 saturated carbocycles. The molecule has 4 aromatic rings. The highest BCUT2D eigenvalue weighted by Gasteiger charge is 2.66. The fourth-order valence-electron chi connectivity index (χ4n) is 9.09. The summed E-state index contributed by atoms with van der Waals surface area (Å²) in [4.78, 5) is 60.8. The van der Waals surface area contributed by atoms with Crippen molar-refractivity contribution in [1.82, 2.24) is 20.5 Å². The maximum Gasteiger partial charge on any atom is 0.408 e. The van der Waals surface area contributed by atoms with E-state index in [9.17, 15) is 32.6 Å². The molecule has 0 spiro atoms. The Morgan fingerprint density at radius 2 is 1.73 bits per heavy atom. The van der Waals surface area contributed by atoms with Crippen LogP contribution in [0.3, 0.4) is 0 Å². The first-order chi connectivity index (χ1) is 29.9. The third kappa shape index (κ3) is 9.05. The molecule has 1 aromatic heterocycles. The quantitative estimate of drug-likeness (QED) is 0.110. The summed E-state index contributed by atoms with van der Waals surface area (Å²) in [5.74, 6) is -3.03. The van der Waals surface area contributed by atoms with Crippen molar-refractivity contribution in [3.63, 3.8) is 0 Å². The Balaban J connectivity index is 1.15. The van der Waals surface area contributed by atoms with E-state index in [-0.39, 0.29) is 36.9 Å². The molecule has 1 saturated heterocycles. The number of ether oxygens (including phenoxy) is 3. The molecule has 2 aliphatic carbocycles. The van der Waals surface area contributed by atoms with Crippen LogP contribution in [-0.2, 0) is 25.1 Å². The number of pyridine rings is 1. The molecule has 16 heteroatoms. The van der Waals surface area contributed by atoms with Crippen molar-refractivity contribution in [1.29, 1.82) is 0 Å². The van der Waals surface area contributed by atoms with Crippen LogP contribution in [0.15, 0.2) is 78.9 Å². The zero-order valence-corrected chi connectivity index (χ0v) is 36.0. The Morgan fingerprint density at radius 3 is 2.47 bits per heavy atom. The molecule has 8 rings (SSSR count). The fraction of sp³-hybridized carbons (Fsp3) is 0.435. The lowest BCUT2D eigenvalue weighted by Gasteiger charge is -2.31. The Labute approximate surface area is 363 Å². The van der Waals surface area contributed by atoms with Gasteiger partial charge in [0.25, 0.3) is 0 Å². The summed E-state index contributed by atoms with van der Waals surface area (Å²) in [5, 5.41) is 4.71. The standard InChI is InChI=1S/C46H50ClF2N4O8P/c1-59-39-22-21-32-40(24-37(50-42(32)41(39)47)28-13-6-5-7-14-28)60-31-23-38-43(54)52-46(62(57,58)27-33-34(48)18-12-19-35(33)49)25-29(46)15-8-3-2-4-9-20-36(44(55)53(38)26-31)51-45(56)61-30-16-10-11-17-30/h5-8,12-15,18-19,21-22,24,29-31,36,38H,2-4,9-11,16-17,20,23,25-27H2,1H3,(H,51,56)(H,52,54)(H,57,58)/b15-8-/t29-,31-,36+,38+,46+/m1/s1. The molecule has 3 fully saturated rings. The monoisotopic (exact) mass is 890 g/mol. The number of carbonyl (C=O) groups is 3. The zero-order chi connectivity index (χ0) is 43.6. The smallest absolute Gasteiger partial charge is 0.408 e. The van der Waals surface area contributed by atoms with E-state index in [1.165, 1.54) is 18.1 Å². The predicted octanol–water partition coefficient (Wildman–Crippen LogP) is 9.05. The number of nitrogens with one attached hydrogen (secondary N) is 2. The zero-order valence-electron chi connectivity index (χ0n) is 34.4. The van der Waals surface area contributed by atoms with E-state index in [0.717, 1.165) is 49.8 Å². The molecular weight excluding hydrogens is 841 g/mol. The second kappa shape index (κ2) is 18.4. The summed E-state index contributed by atoms with van der Waals surface area (Å²) in [5.41, 5.74) is 1.20. The lowest BCUT2D eigenvalue weighted by molar-refractivity contribution is -0.140. The molecular formula is C46H50ClF2N4O8P. The third-order valence-corrected chi connectivity index (χ3v) is 15.5. The SMILES string of the molecule is COc1ccc2c(O[C@@H]3C[C@H]4C(=O)N[C@]5(P(=O)(O)Cc6c(F)cccc6F)C[C@H]5/C=C\CCCCC[C@H](NC(=O)OC5CCCC5)C(=O)N4C3)cc(-c3ccccc3)nc2c1Cl. The number of alkyl carbamates (subject to hydrolysis) is 1. The number of methoxy groups -OCH3 is 1. The number of amides is 3. The highest BCUT2D eigenvalue weighted by Crippen LogP contribution is 2.71. The summed E-state index contributed by atoms with van der Waals surface area (Å²) in [7, 11) is -3.09. The van der Waals surface area contributed by atoms with Crippen molar-refractivity contribution in [2.24, 2.45) is 5.92 Å². The molecule has 3 N–H and O–H groups in total. The number of hydrogen-bond donors (Lipinski definition) is 3. The Bertz CT molecular complexity index is 2400. The van der Waals surface area contributed by atoms with Crippen LogP contribution in [-0.4, -0.2) is 75.9 Å². The van der Waals surface area contributed by atoms with E-state index in [2.05, 4.69) is 10.6 Å². The van der Waals surface area contributed by atoms with Gasteiger partial charge in [-0.1, -0.05) is 73.0 Å². The van der Waals surface area contributed by atoms with Crippen molar-refractivity contribution >= 4 is 47.8 Å². The van der Waals surface area contributed by atoms with Gasteiger partial charge in [0.2, 0.25) is 19.2 Å². The third-order valence-electron chi connectivity index (χ3n) is 12.6. The van der Waals surface area contributed by atoms with Gasteiger partial charge in [-0.15, -0.1) is 0 Å². The normalized spacial score (nSPS) is 26.0. The van der Waals surface area contributed by atoms with Gasteiger partial charge in [-0.2, -0.15) is 0 Å². The second-order valence-corrected chi connectivity index (χ2v) is 19.6. The molecule has 3 amide bonds. The minimum atomic E-state index is -4.59. The maximum atomic E-state index is 14.9. The van der Waals surface area contributed by atoms with Gasteiger partial charge >= 0.3 is 6.09 Å². The first-order valence-corrected chi connectivity index (χ1v) is 23.5. The number of halogens is 3. The molecule has 1 unspecified atom stereocenters. The van der Waals surface area contributed by atoms with E-state index < -0.39 is 78.0 Å². The van der Waals surface area contributed by atoms with Crippen LogP contribution in [0.25, 0.3) is 22.2 Å². The number of allylic oxidation sites excluding steroid dienone is 1. The molecule has 0 bridgehead atoms. The minimum Gasteiger partial charge on any atom is -0.495 e. The Kier molecular flexibility index (Phi) is 12.9. The van der Waals surface area contributed by atoms with Crippen LogP contribution in [0.1, 0.15) is 76.2 Å². The van der Waals surface area contributed by atoms with Crippen molar-refractivity contribution in [2.45, 2.75) is 106 Å². The van der Waals surface area contributed by atoms with Crippen molar-refractivity contribution in [2.75, 3.05) is 13.7 Å². The maximum absolute atomic E-state index is 14.9. The van der Waals surface area contributed by atoms with E-state index in [4.69, 9.17) is 30.8 Å². The number of aromatic nitrogens is 1. The number of rotatable bonds is 9. The molecule has 328 valence electrons. The van der Waals surface area contributed by atoms with Gasteiger partial charge in [0.1, 0.15) is 57.7 Å². The van der Waals surface area contributed by atoms with Crippen LogP contribution < -0.4 is 20.1 Å². The van der Waals surface area contributed by atoms with Gasteiger partial charge in [0.15, 0.2) is 0 Å². The summed E-state index contributed by atoms with van der Waals surface area (Å²) in [6.45, 7) is -0.0886. The topological polar surface area (TPSA) is 156 Å². The lowest BCUT2D eigenvalue weighted by atomic mass is 10.0. The van der Waals surface area contributed by atoms with Crippen molar-refractivity contribution in [3.05, 3.63) is 101 Å². The molecule has 3 aromatic carbocycles. The first kappa shape index (κ1) is 43.6. The minimum absolute atomic E-state index is 0.0422. The van der Waals surface area contributed by atoms with Crippen LogP contribution in [0.4, 0.5) is 13.6 Å². The largest absolute Gasteiger partial charge is 0.495 e. The lowest BCUT2D eigenvalue weighted by Crippen LogP contribution is -2.55. The number of benzene rings is 3. The van der Waals surface area contributed by atoms with Gasteiger partial charge < -0.3 is 34.6 Å². The van der Waals surface area contributed by atoms with E-state index in [1.807, 2.05) is 36.4 Å². The Hall–Kier alpha value is -5.04. The number of hydrogen-bond acceptors (Lipinski definition) is 8. The van der Waals surface area contributed by atoms with E-state index in [1.54, 1.807) is 24.3 Å². The van der Waals surface area contributed by atoms with Gasteiger partial charge in [0, 0.05) is 34.9 Å². The van der Waals surface area contributed by atoms with Crippen molar-refractivity contribution < 1.29 is 46.8 Å². The highest BCUT2D eigenvalue weighted by atomic mass is 35.5. The van der Waals surface area contributed by atoms with Crippen LogP contribution >= 0.6 is 19.0 Å². The van der Waals surface area contributed by atoms with Gasteiger partial charge in [-0.05, 0) is 75.6 Å². The molecule has 6 atom stereocenters. The van der Waals surface area contributed by atoms with Crippen molar-refractivity contribution in [3.8, 4) is 22.8 Å². The average Bonchev–Trinajstić information content (AvgIpc) is 3.52. The summed E-state index contributed by atoms with van der Waals surface area (Å²) >= 11 is 6.82. The second-order valence-electron chi connectivity index (χ2n) is 16.7. The molecule has 12 nitrogen and oxygen atoms in total. The molecule has 2 aliphatic heterocycles. The summed E-state index contributed by atoms with van der Waals surface area (Å²) < 4.78 is 62.2. The predicted molar refractivity (Wildman–Crippen MR) is 230 cm³/mol. The average molecular weight is 891 g/mol. The van der Waals surface area contributed by atoms with Gasteiger partial charge in [-0.25, -0.2) is 18.6 Å². The van der Waals surface area contributed by atoms with Gasteiger partial charge in [-0.3, -0.25) is 14.2 Å². The van der Waals surface area contributed by atoms with Gasteiger partial charge in [0.05, 0.1) is 31.0 Å². The van der Waals surface area contributed by atoms with Crippen LogP contribution in [0.2, 0.25) is 5.02 Å².